The Morgan fingerprint density at radius 2 is 1.79 bits per heavy atom. The predicted molar refractivity (Wildman–Crippen MR) is 150 cm³/mol. The summed E-state index contributed by atoms with van der Waals surface area (Å²) in [6.07, 6.45) is 8.85. The van der Waals surface area contributed by atoms with Crippen molar-refractivity contribution in [2.24, 2.45) is 5.92 Å². The van der Waals surface area contributed by atoms with Crippen LogP contribution in [0.1, 0.15) is 44.9 Å². The number of hydrogen-bond acceptors (Lipinski definition) is 6. The minimum Gasteiger partial charge on any atom is -0.444 e. The van der Waals surface area contributed by atoms with Crippen molar-refractivity contribution in [2.45, 2.75) is 50.5 Å². The van der Waals surface area contributed by atoms with Crippen molar-refractivity contribution in [3.05, 3.63) is 60.6 Å². The number of anilines is 1. The second kappa shape index (κ2) is 12.1. The van der Waals surface area contributed by atoms with E-state index in [4.69, 9.17) is 9.68 Å². The smallest absolute Gasteiger partial charge is 0.226 e. The number of nitrogens with one attached hydrogen (secondary N) is 1. The number of benzene rings is 2. The standard InChI is InChI=1S/C19H17FN2O2S.C11H16N2O/c20-16-3-1-2-15(12-16)19-21-18(13-24-19)14-4-6-17(7-5-14)22-8-10-25(23)11-9-22;12-8-11(6-7-11)13-10(14)9-4-2-1-3-5-9/h1-7,12-13H,8-11H2;9H,1-7H2,(H,13,14). The highest BCUT2D eigenvalue weighted by Gasteiger charge is 2.45. The number of halogens is 1. The molecule has 39 heavy (non-hydrogen) atoms. The third-order valence-corrected chi connectivity index (χ3v) is 8.86. The number of oxazole rings is 1. The number of carbonyl (C=O) groups excluding carboxylic acids is 1. The van der Waals surface area contributed by atoms with Gasteiger partial charge in [-0.3, -0.25) is 9.00 Å². The van der Waals surface area contributed by atoms with Crippen LogP contribution >= 0.6 is 0 Å². The first-order chi connectivity index (χ1) is 18.9. The topological polar surface area (TPSA) is 99.2 Å². The van der Waals surface area contributed by atoms with Gasteiger partial charge in [0.05, 0.1) is 6.07 Å². The lowest BCUT2D eigenvalue weighted by molar-refractivity contribution is -0.126. The third-order valence-electron chi connectivity index (χ3n) is 7.58. The lowest BCUT2D eigenvalue weighted by Crippen LogP contribution is -2.40. The van der Waals surface area contributed by atoms with E-state index in [0.29, 0.717) is 17.1 Å². The van der Waals surface area contributed by atoms with E-state index >= 15 is 0 Å². The van der Waals surface area contributed by atoms with Gasteiger partial charge in [-0.05, 0) is 56.0 Å². The molecule has 3 aromatic rings. The second-order valence-electron chi connectivity index (χ2n) is 10.4. The Balaban J connectivity index is 0.000000186. The van der Waals surface area contributed by atoms with Crippen molar-refractivity contribution in [2.75, 3.05) is 29.5 Å². The largest absolute Gasteiger partial charge is 0.444 e. The number of hydrogen-bond donors (Lipinski definition) is 1. The summed E-state index contributed by atoms with van der Waals surface area (Å²) in [5.41, 5.74) is 2.91. The van der Waals surface area contributed by atoms with Gasteiger partial charge in [-0.15, -0.1) is 0 Å². The molecule has 204 valence electrons. The van der Waals surface area contributed by atoms with E-state index in [9.17, 15) is 13.4 Å². The van der Waals surface area contributed by atoms with Crippen molar-refractivity contribution >= 4 is 22.4 Å². The molecule has 1 amide bonds. The van der Waals surface area contributed by atoms with Crippen molar-refractivity contribution in [1.29, 1.82) is 5.26 Å². The van der Waals surface area contributed by atoms with Gasteiger partial charge in [-0.2, -0.15) is 5.26 Å². The van der Waals surface area contributed by atoms with Crippen molar-refractivity contribution in [1.82, 2.24) is 10.3 Å². The van der Waals surface area contributed by atoms with Gasteiger partial charge in [0.2, 0.25) is 11.8 Å². The highest BCUT2D eigenvalue weighted by Crippen LogP contribution is 2.35. The van der Waals surface area contributed by atoms with Crippen LogP contribution in [0.4, 0.5) is 10.1 Å². The van der Waals surface area contributed by atoms with Gasteiger partial charge in [0.1, 0.15) is 23.3 Å². The maximum Gasteiger partial charge on any atom is 0.226 e. The van der Waals surface area contributed by atoms with Gasteiger partial charge in [0.25, 0.3) is 0 Å². The molecule has 7 nitrogen and oxygen atoms in total. The van der Waals surface area contributed by atoms with Crippen LogP contribution in [-0.4, -0.2) is 45.2 Å². The van der Waals surface area contributed by atoms with E-state index in [2.05, 4.69) is 21.3 Å². The minimum absolute atomic E-state index is 0.115. The zero-order valence-electron chi connectivity index (χ0n) is 21.9. The fourth-order valence-corrected chi connectivity index (χ4v) is 6.04. The third kappa shape index (κ3) is 6.93. The highest BCUT2D eigenvalue weighted by molar-refractivity contribution is 7.85. The van der Waals surface area contributed by atoms with Crippen LogP contribution in [0.15, 0.2) is 59.2 Å². The molecule has 2 aliphatic carbocycles. The first kappa shape index (κ1) is 27.1. The van der Waals surface area contributed by atoms with Crippen LogP contribution in [0, 0.1) is 23.1 Å². The monoisotopic (exact) mass is 548 g/mol. The number of rotatable bonds is 5. The number of nitriles is 1. The minimum atomic E-state index is -0.677. The summed E-state index contributed by atoms with van der Waals surface area (Å²) in [4.78, 5) is 18.4. The quantitative estimate of drug-likeness (QED) is 0.455. The Morgan fingerprint density at radius 1 is 1.08 bits per heavy atom. The van der Waals surface area contributed by atoms with Gasteiger partial charge < -0.3 is 14.6 Å². The molecule has 2 heterocycles. The molecule has 9 heteroatoms. The van der Waals surface area contributed by atoms with Gasteiger partial charge in [0, 0.05) is 58.1 Å². The summed E-state index contributed by atoms with van der Waals surface area (Å²) in [5, 5.41) is 11.7. The molecule has 2 saturated carbocycles. The Labute approximate surface area is 230 Å². The molecule has 1 N–H and O–H groups in total. The number of carbonyl (C=O) groups is 1. The van der Waals surface area contributed by atoms with Gasteiger partial charge in [-0.1, -0.05) is 37.5 Å². The molecule has 0 radical (unpaired) electrons. The van der Waals surface area contributed by atoms with E-state index in [1.807, 2.05) is 24.3 Å². The first-order valence-corrected chi connectivity index (χ1v) is 15.1. The van der Waals surface area contributed by atoms with Crippen molar-refractivity contribution < 1.29 is 17.8 Å². The molecule has 1 saturated heterocycles. The van der Waals surface area contributed by atoms with Gasteiger partial charge in [0.15, 0.2) is 0 Å². The van der Waals surface area contributed by atoms with Crippen LogP contribution in [0.5, 0.6) is 0 Å². The first-order valence-electron chi connectivity index (χ1n) is 13.6. The van der Waals surface area contributed by atoms with Crippen LogP contribution in [0.3, 0.4) is 0 Å². The van der Waals surface area contributed by atoms with Crippen LogP contribution in [0.25, 0.3) is 22.7 Å². The number of aromatic nitrogens is 1. The summed E-state index contributed by atoms with van der Waals surface area (Å²) >= 11 is 0. The number of amides is 1. The van der Waals surface area contributed by atoms with E-state index in [0.717, 1.165) is 74.4 Å². The maximum atomic E-state index is 13.3. The second-order valence-corrected chi connectivity index (χ2v) is 12.1. The average Bonchev–Trinajstić information content (AvgIpc) is 3.57. The van der Waals surface area contributed by atoms with E-state index in [1.54, 1.807) is 18.4 Å². The summed E-state index contributed by atoms with van der Waals surface area (Å²) in [7, 11) is -0.677. The fourth-order valence-electron chi connectivity index (χ4n) is 4.99. The lowest BCUT2D eigenvalue weighted by atomic mass is 9.88. The number of nitrogens with zero attached hydrogens (tertiary/aromatic N) is 3. The van der Waals surface area contributed by atoms with Crippen LogP contribution in [0.2, 0.25) is 0 Å². The van der Waals surface area contributed by atoms with Gasteiger partial charge >= 0.3 is 0 Å². The summed E-state index contributed by atoms with van der Waals surface area (Å²) < 4.78 is 30.3. The lowest BCUT2D eigenvalue weighted by Gasteiger charge is -2.28. The molecule has 2 aromatic carbocycles. The van der Waals surface area contributed by atoms with E-state index in [1.165, 1.54) is 18.6 Å². The zero-order chi connectivity index (χ0) is 27.2. The fraction of sp³-hybridized carbons (Fsp3) is 0.433. The molecule has 0 spiro atoms. The molecular formula is C30H33FN4O3S. The Hall–Kier alpha value is -3.51. The molecule has 0 bridgehead atoms. The molecule has 1 aromatic heterocycles. The molecule has 3 aliphatic rings. The average molecular weight is 549 g/mol. The molecule has 0 unspecified atom stereocenters. The van der Waals surface area contributed by atoms with E-state index < -0.39 is 16.3 Å². The van der Waals surface area contributed by atoms with E-state index in [-0.39, 0.29) is 17.6 Å². The molecule has 6 rings (SSSR count). The SMILES string of the molecule is N#CC1(NC(=O)C2CCCCC2)CC1.O=S1CCN(c2ccc(-c3coc(-c4cccc(F)c4)n3)cc2)CC1. The zero-order valence-corrected chi connectivity index (χ0v) is 22.7. The normalized spacial score (nSPS) is 18.9. The Kier molecular flexibility index (Phi) is 8.41. The van der Waals surface area contributed by atoms with Crippen molar-refractivity contribution in [3.8, 4) is 28.8 Å². The molecule has 0 atom stereocenters. The summed E-state index contributed by atoms with van der Waals surface area (Å²) in [5.74, 6) is 1.82. The maximum absolute atomic E-state index is 13.3. The van der Waals surface area contributed by atoms with Crippen molar-refractivity contribution in [3.63, 3.8) is 0 Å². The van der Waals surface area contributed by atoms with Crippen LogP contribution < -0.4 is 10.2 Å². The predicted octanol–water partition coefficient (Wildman–Crippen LogP) is 5.46. The molecule has 1 aliphatic heterocycles. The Bertz CT molecular complexity index is 1350. The highest BCUT2D eigenvalue weighted by atomic mass is 32.2. The summed E-state index contributed by atoms with van der Waals surface area (Å²) in [6, 6.07) is 16.5. The molecular weight excluding hydrogens is 515 g/mol. The Morgan fingerprint density at radius 3 is 2.44 bits per heavy atom. The molecule has 3 fully saturated rings. The summed E-state index contributed by atoms with van der Waals surface area (Å²) in [6.45, 7) is 1.64. The van der Waals surface area contributed by atoms with Gasteiger partial charge in [-0.25, -0.2) is 9.37 Å². The van der Waals surface area contributed by atoms with Crippen LogP contribution in [-0.2, 0) is 15.6 Å².